The summed E-state index contributed by atoms with van der Waals surface area (Å²) in [6, 6.07) is 18.1. The Morgan fingerprint density at radius 1 is 1.07 bits per heavy atom. The van der Waals surface area contributed by atoms with E-state index >= 15 is 0 Å². The van der Waals surface area contributed by atoms with E-state index in [2.05, 4.69) is 17.4 Å². The molecule has 0 unspecified atom stereocenters. The summed E-state index contributed by atoms with van der Waals surface area (Å²) in [4.78, 5) is 26.2. The molecule has 5 nitrogen and oxygen atoms in total. The molecule has 3 rings (SSSR count). The molecule has 0 bridgehead atoms. The van der Waals surface area contributed by atoms with Crippen LogP contribution in [0.1, 0.15) is 27.2 Å². The number of nitrogens with one attached hydrogen (secondary N) is 1. The van der Waals surface area contributed by atoms with Crippen molar-refractivity contribution in [2.45, 2.75) is 32.7 Å². The molecule has 148 valence electrons. The molecule has 1 aliphatic heterocycles. The van der Waals surface area contributed by atoms with Gasteiger partial charge in [-0.2, -0.15) is 0 Å². The molecule has 1 N–H and O–H groups in total. The lowest BCUT2D eigenvalue weighted by molar-refractivity contribution is -0.132. The van der Waals surface area contributed by atoms with Gasteiger partial charge < -0.3 is 15.0 Å². The van der Waals surface area contributed by atoms with Crippen LogP contribution >= 0.6 is 0 Å². The number of benzene rings is 2. The second-order valence-electron chi connectivity index (χ2n) is 8.11. The summed E-state index contributed by atoms with van der Waals surface area (Å²) in [6.45, 7) is 7.25. The minimum atomic E-state index is -0.281. The van der Waals surface area contributed by atoms with Crippen molar-refractivity contribution < 1.29 is 14.3 Å². The van der Waals surface area contributed by atoms with E-state index in [1.165, 1.54) is 0 Å². The van der Waals surface area contributed by atoms with Crippen LogP contribution in [0.3, 0.4) is 0 Å². The quantitative estimate of drug-likeness (QED) is 0.781. The highest BCUT2D eigenvalue weighted by Gasteiger charge is 2.39. The van der Waals surface area contributed by atoms with Crippen LogP contribution in [0.5, 0.6) is 5.75 Å². The number of likely N-dealkylation sites (tertiary alicyclic amines) is 1. The van der Waals surface area contributed by atoms with Crippen molar-refractivity contribution in [1.29, 1.82) is 0 Å². The predicted molar refractivity (Wildman–Crippen MR) is 110 cm³/mol. The molecule has 1 atom stereocenters. The Labute approximate surface area is 166 Å². The molecule has 0 radical (unpaired) electrons. The van der Waals surface area contributed by atoms with Crippen LogP contribution in [0.4, 0.5) is 0 Å². The normalized spacial score (nSPS) is 16.9. The molecule has 0 aliphatic carbocycles. The van der Waals surface area contributed by atoms with Crippen molar-refractivity contribution in [2.24, 2.45) is 5.92 Å². The molecule has 1 saturated heterocycles. The highest BCUT2D eigenvalue weighted by atomic mass is 16.5. The fourth-order valence-corrected chi connectivity index (χ4v) is 3.39. The predicted octanol–water partition coefficient (Wildman–Crippen LogP) is 3.50. The molecule has 0 saturated carbocycles. The molecule has 28 heavy (non-hydrogen) atoms. The summed E-state index contributed by atoms with van der Waals surface area (Å²) in [7, 11) is 0. The molecule has 2 aromatic rings. The van der Waals surface area contributed by atoms with Gasteiger partial charge in [0, 0.05) is 18.5 Å². The van der Waals surface area contributed by atoms with Gasteiger partial charge in [0.25, 0.3) is 0 Å². The van der Waals surface area contributed by atoms with Gasteiger partial charge in [0.15, 0.2) is 0 Å². The highest BCUT2D eigenvalue weighted by molar-refractivity contribution is 5.89. The first-order valence-corrected chi connectivity index (χ1v) is 9.71. The van der Waals surface area contributed by atoms with Crippen molar-refractivity contribution in [3.8, 4) is 16.9 Å². The van der Waals surface area contributed by atoms with E-state index < -0.39 is 0 Å². The van der Waals surface area contributed by atoms with Gasteiger partial charge in [0.2, 0.25) is 11.8 Å². The van der Waals surface area contributed by atoms with Crippen LogP contribution in [0, 0.1) is 5.92 Å². The van der Waals surface area contributed by atoms with Gasteiger partial charge in [-0.15, -0.1) is 0 Å². The Morgan fingerprint density at radius 3 is 2.32 bits per heavy atom. The Morgan fingerprint density at radius 2 is 1.71 bits per heavy atom. The first-order chi connectivity index (χ1) is 13.3. The van der Waals surface area contributed by atoms with Crippen molar-refractivity contribution in [3.63, 3.8) is 0 Å². The van der Waals surface area contributed by atoms with Crippen molar-refractivity contribution in [2.75, 3.05) is 19.7 Å². The van der Waals surface area contributed by atoms with E-state index in [0.29, 0.717) is 19.7 Å². The SMILES string of the molecule is CC(C)(C)N1C[C@H](C(=O)NCCOc2ccc(-c3ccccc3)cc2)CC1=O. The smallest absolute Gasteiger partial charge is 0.225 e. The Hall–Kier alpha value is -2.82. The van der Waals surface area contributed by atoms with Gasteiger partial charge in [-0.3, -0.25) is 9.59 Å². The van der Waals surface area contributed by atoms with Gasteiger partial charge in [-0.25, -0.2) is 0 Å². The fraction of sp³-hybridized carbons (Fsp3) is 0.391. The number of ether oxygens (including phenoxy) is 1. The van der Waals surface area contributed by atoms with Gasteiger partial charge in [0.05, 0.1) is 12.5 Å². The number of rotatable bonds is 6. The van der Waals surface area contributed by atoms with E-state index in [1.807, 2.05) is 63.2 Å². The lowest BCUT2D eigenvalue weighted by atomic mass is 10.1. The van der Waals surface area contributed by atoms with Crippen LogP contribution in [-0.2, 0) is 9.59 Å². The molecule has 1 heterocycles. The van der Waals surface area contributed by atoms with Crippen LogP contribution in [0.2, 0.25) is 0 Å². The molecule has 1 aliphatic rings. The van der Waals surface area contributed by atoms with E-state index in [0.717, 1.165) is 16.9 Å². The third-order valence-corrected chi connectivity index (χ3v) is 4.94. The van der Waals surface area contributed by atoms with E-state index in [-0.39, 0.29) is 29.7 Å². The zero-order valence-corrected chi connectivity index (χ0v) is 16.8. The van der Waals surface area contributed by atoms with E-state index in [4.69, 9.17) is 4.74 Å². The van der Waals surface area contributed by atoms with Gasteiger partial charge >= 0.3 is 0 Å². The van der Waals surface area contributed by atoms with Gasteiger partial charge in [-0.05, 0) is 44.0 Å². The van der Waals surface area contributed by atoms with Crippen molar-refractivity contribution >= 4 is 11.8 Å². The molecule has 0 aromatic heterocycles. The Kier molecular flexibility index (Phi) is 6.02. The third-order valence-electron chi connectivity index (χ3n) is 4.94. The lowest BCUT2D eigenvalue weighted by Gasteiger charge is -2.31. The zero-order valence-electron chi connectivity index (χ0n) is 16.8. The molecule has 2 aromatic carbocycles. The largest absolute Gasteiger partial charge is 0.492 e. The molecule has 1 fully saturated rings. The van der Waals surface area contributed by atoms with Crippen LogP contribution in [0.15, 0.2) is 54.6 Å². The average molecular weight is 380 g/mol. The second-order valence-corrected chi connectivity index (χ2v) is 8.11. The minimum Gasteiger partial charge on any atom is -0.492 e. The summed E-state index contributed by atoms with van der Waals surface area (Å²) in [5.41, 5.74) is 2.05. The molecule has 5 heteroatoms. The maximum Gasteiger partial charge on any atom is 0.225 e. The highest BCUT2D eigenvalue weighted by Crippen LogP contribution is 2.26. The first-order valence-electron chi connectivity index (χ1n) is 9.71. The molecular formula is C23H28N2O3. The van der Waals surface area contributed by atoms with E-state index in [9.17, 15) is 9.59 Å². The fourth-order valence-electron chi connectivity index (χ4n) is 3.39. The lowest BCUT2D eigenvalue weighted by Crippen LogP contribution is -2.43. The molecule has 0 spiro atoms. The monoisotopic (exact) mass is 380 g/mol. The number of amides is 2. The standard InChI is InChI=1S/C23H28N2O3/c1-23(2,3)25-16-19(15-21(25)26)22(27)24-13-14-28-20-11-9-18(10-12-20)17-7-5-4-6-8-17/h4-12,19H,13-16H2,1-3H3,(H,24,27)/t19-/m1/s1. The number of carbonyl (C=O) groups is 2. The summed E-state index contributed by atoms with van der Waals surface area (Å²) >= 11 is 0. The van der Waals surface area contributed by atoms with Crippen LogP contribution < -0.4 is 10.1 Å². The van der Waals surface area contributed by atoms with Crippen LogP contribution in [0.25, 0.3) is 11.1 Å². The minimum absolute atomic E-state index is 0.0439. The van der Waals surface area contributed by atoms with Gasteiger partial charge in [0.1, 0.15) is 12.4 Å². The Balaban J connectivity index is 1.42. The molecule has 2 amide bonds. The number of nitrogens with zero attached hydrogens (tertiary/aromatic N) is 1. The van der Waals surface area contributed by atoms with E-state index in [1.54, 1.807) is 4.90 Å². The summed E-state index contributed by atoms with van der Waals surface area (Å²) in [6.07, 6.45) is 0.283. The topological polar surface area (TPSA) is 58.6 Å². The second kappa shape index (κ2) is 8.46. The van der Waals surface area contributed by atoms with Crippen molar-refractivity contribution in [3.05, 3.63) is 54.6 Å². The van der Waals surface area contributed by atoms with Gasteiger partial charge in [-0.1, -0.05) is 42.5 Å². The summed E-state index contributed by atoms with van der Waals surface area (Å²) in [5, 5.41) is 2.88. The van der Waals surface area contributed by atoms with Crippen molar-refractivity contribution in [1.82, 2.24) is 10.2 Å². The van der Waals surface area contributed by atoms with Crippen LogP contribution in [-0.4, -0.2) is 41.9 Å². The number of hydrogen-bond donors (Lipinski definition) is 1. The number of hydrogen-bond acceptors (Lipinski definition) is 3. The maximum atomic E-state index is 12.3. The maximum absolute atomic E-state index is 12.3. The average Bonchev–Trinajstić information content (AvgIpc) is 3.08. The summed E-state index contributed by atoms with van der Waals surface area (Å²) in [5.74, 6) is 0.450. The first kappa shape index (κ1) is 19.9. The third kappa shape index (κ3) is 4.91. The zero-order chi connectivity index (χ0) is 20.1. The number of carbonyl (C=O) groups excluding carboxylic acids is 2. The summed E-state index contributed by atoms with van der Waals surface area (Å²) < 4.78 is 5.71. The Bertz CT molecular complexity index is 810. The molecular weight excluding hydrogens is 352 g/mol.